The first-order valence-electron chi connectivity index (χ1n) is 10.7. The van der Waals surface area contributed by atoms with E-state index < -0.39 is 23.0 Å². The fourth-order valence-corrected chi connectivity index (χ4v) is 4.11. The average molecular weight is 514 g/mol. The summed E-state index contributed by atoms with van der Waals surface area (Å²) in [6.45, 7) is 5.34. The largest absolute Gasteiger partial charge is 0.573 e. The van der Waals surface area contributed by atoms with Crippen LogP contribution in [0.15, 0.2) is 42.5 Å². The summed E-state index contributed by atoms with van der Waals surface area (Å²) in [6, 6.07) is 8.29. The van der Waals surface area contributed by atoms with Gasteiger partial charge in [-0.05, 0) is 42.8 Å². The number of nitrogens with one attached hydrogen (secondary N) is 1. The topological polar surface area (TPSA) is 61.9 Å². The molecule has 1 atom stereocenters. The molecule has 1 fully saturated rings. The molecule has 1 N–H and O–H groups in total. The van der Waals surface area contributed by atoms with Crippen LogP contribution < -0.4 is 10.1 Å². The van der Waals surface area contributed by atoms with Crippen molar-refractivity contribution in [2.75, 3.05) is 25.0 Å². The number of rotatable bonds is 6. The highest BCUT2D eigenvalue weighted by Gasteiger charge is 2.33. The summed E-state index contributed by atoms with van der Waals surface area (Å²) < 4.78 is 55.2. The molecule has 2 aromatic carbocycles. The molecular weight excluding hydrogens is 490 g/mol. The van der Waals surface area contributed by atoms with Crippen LogP contribution in [-0.2, 0) is 16.1 Å². The van der Waals surface area contributed by atoms with E-state index in [0.29, 0.717) is 26.2 Å². The smallest absolute Gasteiger partial charge is 0.404 e. The van der Waals surface area contributed by atoms with Gasteiger partial charge in [-0.2, -0.15) is 0 Å². The minimum Gasteiger partial charge on any atom is -0.404 e. The van der Waals surface area contributed by atoms with Gasteiger partial charge in [-0.1, -0.05) is 23.7 Å². The Hall–Kier alpha value is -3.11. The molecule has 0 unspecified atom stereocenters. The molecule has 188 valence electrons. The van der Waals surface area contributed by atoms with Crippen LogP contribution in [0.4, 0.5) is 23.2 Å². The van der Waals surface area contributed by atoms with Crippen molar-refractivity contribution in [2.45, 2.75) is 32.8 Å². The maximum Gasteiger partial charge on any atom is 0.573 e. The lowest BCUT2D eigenvalue weighted by molar-refractivity contribution is -0.274. The summed E-state index contributed by atoms with van der Waals surface area (Å²) in [5.74, 6) is -1.77. The molecule has 1 aliphatic rings. The number of carbonyl (C=O) groups excluding carboxylic acids is 2. The van der Waals surface area contributed by atoms with Crippen LogP contribution in [0, 0.1) is 5.82 Å². The first kappa shape index (κ1) is 26.5. The number of amides is 2. The van der Waals surface area contributed by atoms with Gasteiger partial charge in [0.2, 0.25) is 11.8 Å². The molecule has 0 radical (unpaired) electrons. The first-order valence-corrected chi connectivity index (χ1v) is 11.1. The molecule has 6 nitrogen and oxygen atoms in total. The fraction of sp³-hybridized carbons (Fsp3) is 0.333. The van der Waals surface area contributed by atoms with Gasteiger partial charge in [0.15, 0.2) is 0 Å². The van der Waals surface area contributed by atoms with Gasteiger partial charge >= 0.3 is 6.36 Å². The third kappa shape index (κ3) is 7.43. The molecule has 0 bridgehead atoms. The van der Waals surface area contributed by atoms with Gasteiger partial charge < -0.3 is 15.0 Å². The Labute approximate surface area is 205 Å². The van der Waals surface area contributed by atoms with Crippen molar-refractivity contribution in [2.24, 2.45) is 0 Å². The minimum atomic E-state index is -4.96. The maximum absolute atomic E-state index is 13.1. The van der Waals surface area contributed by atoms with Gasteiger partial charge in [0.05, 0.1) is 5.02 Å². The number of anilines is 1. The zero-order valence-corrected chi connectivity index (χ0v) is 19.8. The van der Waals surface area contributed by atoms with E-state index in [0.717, 1.165) is 11.6 Å². The lowest BCUT2D eigenvalue weighted by atomic mass is 10.1. The third-order valence-electron chi connectivity index (χ3n) is 5.39. The number of piperazine rings is 1. The van der Waals surface area contributed by atoms with Crippen molar-refractivity contribution in [1.29, 1.82) is 0 Å². The molecule has 11 heteroatoms. The summed E-state index contributed by atoms with van der Waals surface area (Å²) in [6.07, 6.45) is -2.49. The first-order chi connectivity index (χ1) is 16.4. The van der Waals surface area contributed by atoms with Crippen LogP contribution in [0.25, 0.3) is 6.08 Å². The highest BCUT2D eigenvalue weighted by atomic mass is 35.5. The molecule has 35 heavy (non-hydrogen) atoms. The number of hydrogen-bond acceptors (Lipinski definition) is 4. The Bertz CT molecular complexity index is 1110. The van der Waals surface area contributed by atoms with Crippen LogP contribution >= 0.6 is 11.6 Å². The summed E-state index contributed by atoms with van der Waals surface area (Å²) in [7, 11) is 0. The molecular formula is C24H24ClF4N3O3. The van der Waals surface area contributed by atoms with E-state index in [9.17, 15) is 27.2 Å². The van der Waals surface area contributed by atoms with Gasteiger partial charge in [-0.25, -0.2) is 4.39 Å². The third-order valence-corrected chi connectivity index (χ3v) is 5.78. The molecule has 0 aromatic heterocycles. The number of ether oxygens (including phenoxy) is 1. The van der Waals surface area contributed by atoms with E-state index in [1.807, 2.05) is 6.92 Å². The van der Waals surface area contributed by atoms with E-state index in [-0.39, 0.29) is 29.0 Å². The number of hydrogen-bond donors (Lipinski definition) is 1. The Morgan fingerprint density at radius 2 is 1.86 bits per heavy atom. The molecule has 0 saturated carbocycles. The van der Waals surface area contributed by atoms with E-state index in [4.69, 9.17) is 11.6 Å². The Morgan fingerprint density at radius 1 is 1.17 bits per heavy atom. The Kier molecular flexibility index (Phi) is 8.39. The minimum absolute atomic E-state index is 0.0135. The van der Waals surface area contributed by atoms with Crippen LogP contribution in [0.1, 0.15) is 25.0 Å². The average Bonchev–Trinajstić information content (AvgIpc) is 2.76. The predicted molar refractivity (Wildman–Crippen MR) is 124 cm³/mol. The number of halogens is 5. The van der Waals surface area contributed by atoms with Crippen molar-refractivity contribution in [3.05, 3.63) is 64.4 Å². The number of nitrogens with zero attached hydrogens (tertiary/aromatic N) is 2. The van der Waals surface area contributed by atoms with E-state index in [1.54, 1.807) is 17.0 Å². The summed E-state index contributed by atoms with van der Waals surface area (Å²) in [4.78, 5) is 28.2. The van der Waals surface area contributed by atoms with Crippen LogP contribution in [0.2, 0.25) is 5.02 Å². The summed E-state index contributed by atoms with van der Waals surface area (Å²) >= 11 is 6.12. The fourth-order valence-electron chi connectivity index (χ4n) is 3.84. The van der Waals surface area contributed by atoms with Gasteiger partial charge in [0.1, 0.15) is 11.6 Å². The van der Waals surface area contributed by atoms with Crippen molar-refractivity contribution in [3.63, 3.8) is 0 Å². The molecule has 0 aliphatic carbocycles. The molecule has 3 rings (SSSR count). The highest BCUT2D eigenvalue weighted by Crippen LogP contribution is 2.37. The SMILES string of the molecule is CC(=O)Nc1ccc(OC(F)(F)F)c(Cl)c1C=CC(=O)N1CCN(Cc2ccc(F)cc2)C[C@H]1C. The molecule has 2 aromatic rings. The van der Waals surface area contributed by atoms with E-state index in [2.05, 4.69) is 15.0 Å². The predicted octanol–water partition coefficient (Wildman–Crippen LogP) is 5.08. The Balaban J connectivity index is 1.73. The lowest BCUT2D eigenvalue weighted by Crippen LogP contribution is -2.53. The van der Waals surface area contributed by atoms with Crippen molar-refractivity contribution >= 4 is 35.2 Å². The molecule has 1 saturated heterocycles. The van der Waals surface area contributed by atoms with Gasteiger partial charge in [0, 0.05) is 56.5 Å². The van der Waals surface area contributed by atoms with Gasteiger partial charge in [-0.3, -0.25) is 14.5 Å². The summed E-state index contributed by atoms with van der Waals surface area (Å²) in [5, 5.41) is 2.09. The van der Waals surface area contributed by atoms with Crippen LogP contribution in [0.5, 0.6) is 5.75 Å². The Morgan fingerprint density at radius 3 is 2.46 bits per heavy atom. The lowest BCUT2D eigenvalue weighted by Gasteiger charge is -2.39. The van der Waals surface area contributed by atoms with Crippen molar-refractivity contribution < 1.29 is 31.9 Å². The molecule has 2 amide bonds. The second kappa shape index (κ2) is 11.1. The quantitative estimate of drug-likeness (QED) is 0.432. The van der Waals surface area contributed by atoms with E-state index >= 15 is 0 Å². The second-order valence-corrected chi connectivity index (χ2v) is 8.52. The maximum atomic E-state index is 13.1. The zero-order valence-electron chi connectivity index (χ0n) is 19.0. The molecule has 0 spiro atoms. The van der Waals surface area contributed by atoms with Crippen LogP contribution in [-0.4, -0.2) is 53.7 Å². The van der Waals surface area contributed by atoms with Crippen LogP contribution in [0.3, 0.4) is 0 Å². The zero-order chi connectivity index (χ0) is 25.8. The number of carbonyl (C=O) groups is 2. The second-order valence-electron chi connectivity index (χ2n) is 8.14. The standard InChI is InChI=1S/C24H24ClF4N3O3/c1-15-13-31(14-17-3-5-18(26)6-4-17)11-12-32(15)22(34)10-7-19-20(30-16(2)33)8-9-21(23(19)25)35-24(27,28)29/h3-10,15H,11-14H2,1-2H3,(H,30,33)/t15-/m1/s1. The highest BCUT2D eigenvalue weighted by molar-refractivity contribution is 6.34. The van der Waals surface area contributed by atoms with Crippen molar-refractivity contribution in [3.8, 4) is 5.75 Å². The number of alkyl halides is 3. The molecule has 1 aliphatic heterocycles. The summed E-state index contributed by atoms with van der Waals surface area (Å²) in [5.41, 5.74) is 1.11. The van der Waals surface area contributed by atoms with E-state index in [1.165, 1.54) is 37.3 Å². The van der Waals surface area contributed by atoms with Gasteiger partial charge in [-0.15, -0.1) is 13.2 Å². The molecule has 1 heterocycles. The number of benzene rings is 2. The van der Waals surface area contributed by atoms with Gasteiger partial charge in [0.25, 0.3) is 0 Å². The normalized spacial score (nSPS) is 17.0. The van der Waals surface area contributed by atoms with Crippen molar-refractivity contribution in [1.82, 2.24) is 9.80 Å². The monoisotopic (exact) mass is 513 g/mol.